The number of nitrogens with one attached hydrogen (secondary N) is 1. The molecule has 0 fully saturated rings. The summed E-state index contributed by atoms with van der Waals surface area (Å²) in [5.41, 5.74) is 1.38. The molecule has 0 saturated carbocycles. The predicted molar refractivity (Wildman–Crippen MR) is 95.8 cm³/mol. The van der Waals surface area contributed by atoms with Crippen molar-refractivity contribution in [3.05, 3.63) is 54.6 Å². The molecule has 0 aliphatic heterocycles. The van der Waals surface area contributed by atoms with Gasteiger partial charge < -0.3 is 14.8 Å². The third kappa shape index (κ3) is 3.86. The lowest BCUT2D eigenvalue weighted by molar-refractivity contribution is -0.121. The Morgan fingerprint density at radius 2 is 1.85 bits per heavy atom. The molecule has 0 saturated heterocycles. The number of aromatic nitrogens is 4. The van der Waals surface area contributed by atoms with Crippen LogP contribution in [0.15, 0.2) is 54.6 Å². The van der Waals surface area contributed by atoms with Gasteiger partial charge in [-0.1, -0.05) is 42.5 Å². The lowest BCUT2D eigenvalue weighted by atomic mass is 10.2. The smallest absolute Gasteiger partial charge is 0.253 e. The Balaban J connectivity index is 1.83. The van der Waals surface area contributed by atoms with Crippen LogP contribution in [0.3, 0.4) is 0 Å². The highest BCUT2D eigenvalue weighted by molar-refractivity contribution is 5.95. The molecule has 2 aromatic carbocycles. The van der Waals surface area contributed by atoms with E-state index in [0.29, 0.717) is 17.3 Å². The highest BCUT2D eigenvalue weighted by Gasteiger charge is 2.24. The predicted octanol–water partition coefficient (Wildman–Crippen LogP) is 2.17. The largest absolute Gasteiger partial charge is 0.495 e. The maximum Gasteiger partial charge on any atom is 0.253 e. The molecule has 1 atom stereocenters. The van der Waals surface area contributed by atoms with Gasteiger partial charge in [-0.3, -0.25) is 4.79 Å². The number of carbonyl (C=O) groups is 1. The summed E-state index contributed by atoms with van der Waals surface area (Å²) in [4.78, 5) is 14.0. The lowest BCUT2D eigenvalue weighted by Gasteiger charge is -2.16. The van der Waals surface area contributed by atoms with Gasteiger partial charge in [-0.05, 0) is 17.3 Å². The number of carbonyl (C=O) groups excluding carboxylic acids is 1. The first kappa shape index (κ1) is 17.6. The number of anilines is 1. The minimum absolute atomic E-state index is 0.103. The van der Waals surface area contributed by atoms with Crippen molar-refractivity contribution in [2.24, 2.45) is 0 Å². The molecule has 134 valence electrons. The molecule has 1 amide bonds. The number of hydrogen-bond donors (Lipinski definition) is 1. The van der Waals surface area contributed by atoms with Crippen LogP contribution in [0.4, 0.5) is 5.69 Å². The molecule has 1 aromatic heterocycles. The molecule has 1 heterocycles. The zero-order chi connectivity index (χ0) is 18.4. The fourth-order valence-corrected chi connectivity index (χ4v) is 2.43. The maximum absolute atomic E-state index is 12.7. The molecule has 0 aliphatic rings. The average molecular weight is 353 g/mol. The van der Waals surface area contributed by atoms with Crippen LogP contribution in [-0.2, 0) is 9.53 Å². The Morgan fingerprint density at radius 3 is 2.58 bits per heavy atom. The summed E-state index contributed by atoms with van der Waals surface area (Å²) in [6, 6.07) is 15.8. The molecule has 0 bridgehead atoms. The van der Waals surface area contributed by atoms with Crippen LogP contribution < -0.4 is 10.1 Å². The van der Waals surface area contributed by atoms with Crippen LogP contribution in [0, 0.1) is 0 Å². The molecule has 1 N–H and O–H groups in total. The topological polar surface area (TPSA) is 91.2 Å². The van der Waals surface area contributed by atoms with E-state index in [0.717, 1.165) is 5.56 Å². The van der Waals surface area contributed by atoms with E-state index in [4.69, 9.17) is 9.47 Å². The van der Waals surface area contributed by atoms with Gasteiger partial charge in [0.25, 0.3) is 5.91 Å². The molecule has 0 aliphatic carbocycles. The van der Waals surface area contributed by atoms with Crippen LogP contribution in [0.25, 0.3) is 11.4 Å². The Labute approximate surface area is 150 Å². The highest BCUT2D eigenvalue weighted by atomic mass is 16.5. The van der Waals surface area contributed by atoms with E-state index < -0.39 is 6.04 Å². The number of para-hydroxylation sites is 2. The van der Waals surface area contributed by atoms with E-state index in [9.17, 15) is 4.79 Å². The van der Waals surface area contributed by atoms with Crippen LogP contribution in [0.5, 0.6) is 5.75 Å². The van der Waals surface area contributed by atoms with Crippen molar-refractivity contribution in [2.45, 2.75) is 6.04 Å². The summed E-state index contributed by atoms with van der Waals surface area (Å²) in [5.74, 6) is 0.679. The fourth-order valence-electron chi connectivity index (χ4n) is 2.43. The van der Waals surface area contributed by atoms with E-state index in [2.05, 4.69) is 20.7 Å². The minimum atomic E-state index is -0.769. The molecule has 0 spiro atoms. The highest BCUT2D eigenvalue weighted by Crippen LogP contribution is 2.24. The molecule has 8 heteroatoms. The number of tetrazole rings is 1. The molecule has 8 nitrogen and oxygen atoms in total. The van der Waals surface area contributed by atoms with Gasteiger partial charge in [0.15, 0.2) is 6.04 Å². The summed E-state index contributed by atoms with van der Waals surface area (Å²) < 4.78 is 10.4. The summed E-state index contributed by atoms with van der Waals surface area (Å²) in [7, 11) is 3.06. The van der Waals surface area contributed by atoms with Crippen molar-refractivity contribution in [1.82, 2.24) is 20.2 Å². The second kappa shape index (κ2) is 8.21. The Morgan fingerprint density at radius 1 is 1.12 bits per heavy atom. The van der Waals surface area contributed by atoms with Crippen molar-refractivity contribution < 1.29 is 14.3 Å². The van der Waals surface area contributed by atoms with Crippen molar-refractivity contribution in [2.75, 3.05) is 26.1 Å². The number of methoxy groups -OCH3 is 2. The van der Waals surface area contributed by atoms with Crippen LogP contribution in [-0.4, -0.2) is 46.9 Å². The second-order valence-corrected chi connectivity index (χ2v) is 5.46. The number of ether oxygens (including phenoxy) is 2. The number of nitrogens with zero attached hydrogens (tertiary/aromatic N) is 4. The van der Waals surface area contributed by atoms with Crippen LogP contribution in [0.2, 0.25) is 0 Å². The zero-order valence-electron chi connectivity index (χ0n) is 14.5. The number of hydrogen-bond acceptors (Lipinski definition) is 6. The maximum atomic E-state index is 12.7. The normalized spacial score (nSPS) is 11.8. The van der Waals surface area contributed by atoms with Crippen molar-refractivity contribution in [3.8, 4) is 17.1 Å². The van der Waals surface area contributed by atoms with Crippen LogP contribution in [0.1, 0.15) is 6.04 Å². The van der Waals surface area contributed by atoms with E-state index in [-0.39, 0.29) is 12.5 Å². The van der Waals surface area contributed by atoms with Crippen molar-refractivity contribution in [1.29, 1.82) is 0 Å². The molecule has 1 unspecified atom stereocenters. The lowest BCUT2D eigenvalue weighted by Crippen LogP contribution is -2.31. The van der Waals surface area contributed by atoms with Crippen molar-refractivity contribution >= 4 is 11.6 Å². The summed E-state index contributed by atoms with van der Waals surface area (Å²) in [6.07, 6.45) is 0. The Bertz CT molecular complexity index is 866. The molecule has 3 rings (SSSR count). The third-order valence-electron chi connectivity index (χ3n) is 3.73. The summed E-state index contributed by atoms with van der Waals surface area (Å²) >= 11 is 0. The molecule has 26 heavy (non-hydrogen) atoms. The minimum Gasteiger partial charge on any atom is -0.495 e. The SMILES string of the molecule is COCC(C(=O)Nc1ccccc1OC)n1nnc(-c2ccccc2)n1. The van der Waals surface area contributed by atoms with E-state index in [1.54, 1.807) is 19.2 Å². The first-order valence-corrected chi connectivity index (χ1v) is 8.00. The Hall–Kier alpha value is -3.26. The summed E-state index contributed by atoms with van der Waals surface area (Å²) in [6.45, 7) is 0.103. The van der Waals surface area contributed by atoms with E-state index in [1.807, 2.05) is 42.5 Å². The molecular formula is C18H19N5O3. The molecule has 3 aromatic rings. The van der Waals surface area contributed by atoms with Gasteiger partial charge in [0.2, 0.25) is 5.82 Å². The standard InChI is InChI=1S/C18H19N5O3/c1-25-12-15(18(24)19-14-10-6-7-11-16(14)26-2)23-21-17(20-22-23)13-8-4-3-5-9-13/h3-11,15H,12H2,1-2H3,(H,19,24). The quantitative estimate of drug-likeness (QED) is 0.700. The van der Waals surface area contributed by atoms with E-state index in [1.165, 1.54) is 11.9 Å². The van der Waals surface area contributed by atoms with Gasteiger partial charge in [-0.2, -0.15) is 0 Å². The average Bonchev–Trinajstić information content (AvgIpc) is 3.17. The first-order valence-electron chi connectivity index (χ1n) is 8.00. The van der Waals surface area contributed by atoms with Gasteiger partial charge >= 0.3 is 0 Å². The van der Waals surface area contributed by atoms with Gasteiger partial charge in [-0.15, -0.1) is 15.0 Å². The van der Waals surface area contributed by atoms with Gasteiger partial charge in [-0.25, -0.2) is 0 Å². The Kier molecular flexibility index (Phi) is 5.55. The van der Waals surface area contributed by atoms with E-state index >= 15 is 0 Å². The van der Waals surface area contributed by atoms with Crippen LogP contribution >= 0.6 is 0 Å². The zero-order valence-corrected chi connectivity index (χ0v) is 14.5. The first-order chi connectivity index (χ1) is 12.7. The number of rotatable bonds is 7. The van der Waals surface area contributed by atoms with Gasteiger partial charge in [0.05, 0.1) is 19.4 Å². The monoisotopic (exact) mass is 353 g/mol. The summed E-state index contributed by atoms with van der Waals surface area (Å²) in [5, 5.41) is 15.2. The second-order valence-electron chi connectivity index (χ2n) is 5.46. The molecular weight excluding hydrogens is 334 g/mol. The molecule has 0 radical (unpaired) electrons. The van der Waals surface area contributed by atoms with Gasteiger partial charge in [0, 0.05) is 12.7 Å². The number of amides is 1. The van der Waals surface area contributed by atoms with Crippen molar-refractivity contribution in [3.63, 3.8) is 0 Å². The van der Waals surface area contributed by atoms with Gasteiger partial charge in [0.1, 0.15) is 5.75 Å². The fraction of sp³-hybridized carbons (Fsp3) is 0.222. The third-order valence-corrected chi connectivity index (χ3v) is 3.73. The number of benzene rings is 2.